The first-order valence-electron chi connectivity index (χ1n) is 6.04. The Morgan fingerprint density at radius 2 is 1.62 bits per heavy atom. The van der Waals surface area contributed by atoms with Gasteiger partial charge in [-0.25, -0.2) is 17.9 Å². The van der Waals surface area contributed by atoms with Crippen molar-refractivity contribution in [2.45, 2.75) is 9.79 Å². The summed E-state index contributed by atoms with van der Waals surface area (Å²) in [7, 11) is -3.86. The number of hydrogen-bond acceptors (Lipinski definition) is 4. The molecule has 21 heavy (non-hydrogen) atoms. The van der Waals surface area contributed by atoms with E-state index < -0.39 is 16.1 Å². The highest BCUT2D eigenvalue weighted by Crippen LogP contribution is 2.17. The van der Waals surface area contributed by atoms with Crippen LogP contribution < -0.4 is 10.0 Å². The summed E-state index contributed by atoms with van der Waals surface area (Å²) in [6.07, 6.45) is 1.95. The van der Waals surface area contributed by atoms with E-state index in [9.17, 15) is 13.2 Å². The fraction of sp³-hybridized carbons (Fsp3) is 0.0714. The van der Waals surface area contributed by atoms with Gasteiger partial charge in [0.2, 0.25) is 0 Å². The first kappa shape index (κ1) is 15.4. The second kappa shape index (κ2) is 6.64. The number of sulfonamides is 1. The third-order valence-electron chi connectivity index (χ3n) is 2.63. The van der Waals surface area contributed by atoms with Gasteiger partial charge in [-0.05, 0) is 42.7 Å². The molecule has 0 aliphatic heterocycles. The summed E-state index contributed by atoms with van der Waals surface area (Å²) in [5.41, 5.74) is 0.522. The first-order chi connectivity index (χ1) is 10.0. The molecule has 0 spiro atoms. The molecule has 0 aromatic heterocycles. The number of hydrogen-bond donors (Lipinski definition) is 2. The largest absolute Gasteiger partial charge is 0.333 e. The Balaban J connectivity index is 2.04. The maximum absolute atomic E-state index is 12.0. The van der Waals surface area contributed by atoms with E-state index in [0.717, 1.165) is 4.90 Å². The molecular formula is C14H14N2O3S2. The molecule has 0 unspecified atom stereocenters. The molecule has 7 heteroatoms. The van der Waals surface area contributed by atoms with Crippen LogP contribution >= 0.6 is 11.8 Å². The predicted octanol–water partition coefficient (Wildman–Crippen LogP) is 2.92. The maximum Gasteiger partial charge on any atom is 0.333 e. The lowest BCUT2D eigenvalue weighted by molar-refractivity contribution is 0.256. The van der Waals surface area contributed by atoms with Crippen LogP contribution in [0, 0.1) is 0 Å². The molecule has 110 valence electrons. The summed E-state index contributed by atoms with van der Waals surface area (Å²) >= 11 is 1.58. The fourth-order valence-electron chi connectivity index (χ4n) is 1.61. The van der Waals surface area contributed by atoms with E-state index in [2.05, 4.69) is 5.32 Å². The van der Waals surface area contributed by atoms with Crippen LogP contribution in [0.25, 0.3) is 0 Å². The lowest BCUT2D eigenvalue weighted by Gasteiger charge is -2.09. The molecule has 2 aromatic rings. The minimum atomic E-state index is -3.86. The van der Waals surface area contributed by atoms with Crippen LogP contribution in [0.4, 0.5) is 10.5 Å². The van der Waals surface area contributed by atoms with Crippen molar-refractivity contribution in [2.24, 2.45) is 0 Å². The minimum Gasteiger partial charge on any atom is -0.307 e. The van der Waals surface area contributed by atoms with Crippen LogP contribution in [0.2, 0.25) is 0 Å². The predicted molar refractivity (Wildman–Crippen MR) is 84.0 cm³/mol. The van der Waals surface area contributed by atoms with Crippen molar-refractivity contribution < 1.29 is 13.2 Å². The number of carbonyl (C=O) groups excluding carboxylic acids is 1. The second-order valence-electron chi connectivity index (χ2n) is 4.10. The van der Waals surface area contributed by atoms with Gasteiger partial charge in [0.15, 0.2) is 0 Å². The van der Waals surface area contributed by atoms with Gasteiger partial charge in [-0.2, -0.15) is 0 Å². The van der Waals surface area contributed by atoms with Gasteiger partial charge >= 0.3 is 6.03 Å². The Kier molecular flexibility index (Phi) is 4.87. The average molecular weight is 322 g/mol. The first-order valence-corrected chi connectivity index (χ1v) is 8.75. The molecule has 2 N–H and O–H groups in total. The number of anilines is 1. The van der Waals surface area contributed by atoms with Gasteiger partial charge < -0.3 is 5.32 Å². The van der Waals surface area contributed by atoms with Gasteiger partial charge in [0.05, 0.1) is 4.90 Å². The molecule has 0 atom stereocenters. The van der Waals surface area contributed by atoms with Crippen molar-refractivity contribution in [1.29, 1.82) is 0 Å². The molecule has 0 heterocycles. The van der Waals surface area contributed by atoms with E-state index in [1.165, 1.54) is 12.1 Å². The van der Waals surface area contributed by atoms with Crippen LogP contribution in [0.15, 0.2) is 64.4 Å². The third-order valence-corrected chi connectivity index (χ3v) is 4.72. The van der Waals surface area contributed by atoms with Gasteiger partial charge in [0.1, 0.15) is 0 Å². The number of carbonyl (C=O) groups is 1. The fourth-order valence-corrected chi connectivity index (χ4v) is 2.95. The molecule has 5 nitrogen and oxygen atoms in total. The van der Waals surface area contributed by atoms with Crippen molar-refractivity contribution in [3.05, 3.63) is 54.6 Å². The van der Waals surface area contributed by atoms with E-state index in [1.54, 1.807) is 42.1 Å². The lowest BCUT2D eigenvalue weighted by atomic mass is 10.3. The minimum absolute atomic E-state index is 0.0397. The SMILES string of the molecule is CSc1ccc(NC(=O)NS(=O)(=O)c2ccccc2)cc1. The third kappa shape index (κ3) is 4.24. The van der Waals surface area contributed by atoms with Crippen LogP contribution in [0.5, 0.6) is 0 Å². The molecule has 0 aliphatic carbocycles. The quantitative estimate of drug-likeness (QED) is 0.849. The van der Waals surface area contributed by atoms with E-state index in [-0.39, 0.29) is 4.90 Å². The van der Waals surface area contributed by atoms with E-state index in [0.29, 0.717) is 5.69 Å². The Bertz CT molecular complexity index is 714. The summed E-state index contributed by atoms with van der Waals surface area (Å²) < 4.78 is 25.9. The second-order valence-corrected chi connectivity index (χ2v) is 6.66. The summed E-state index contributed by atoms with van der Waals surface area (Å²) in [6.45, 7) is 0. The number of urea groups is 1. The van der Waals surface area contributed by atoms with Crippen molar-refractivity contribution in [2.75, 3.05) is 11.6 Å². The molecule has 0 saturated heterocycles. The molecule has 0 radical (unpaired) electrons. The monoisotopic (exact) mass is 322 g/mol. The van der Waals surface area contributed by atoms with Gasteiger partial charge in [-0.15, -0.1) is 11.8 Å². The normalized spacial score (nSPS) is 10.9. The van der Waals surface area contributed by atoms with E-state index in [1.807, 2.05) is 23.1 Å². The van der Waals surface area contributed by atoms with Crippen molar-refractivity contribution in [1.82, 2.24) is 4.72 Å². The van der Waals surface area contributed by atoms with Crippen LogP contribution in [0.3, 0.4) is 0 Å². The lowest BCUT2D eigenvalue weighted by Crippen LogP contribution is -2.34. The highest BCUT2D eigenvalue weighted by molar-refractivity contribution is 7.98. The molecule has 2 amide bonds. The standard InChI is InChI=1S/C14H14N2O3S2/c1-20-12-9-7-11(8-10-12)15-14(17)16-21(18,19)13-5-3-2-4-6-13/h2-10H,1H3,(H2,15,16,17). The Hall–Kier alpha value is -1.99. The highest BCUT2D eigenvalue weighted by atomic mass is 32.2. The van der Waals surface area contributed by atoms with Crippen LogP contribution in [0.1, 0.15) is 0 Å². The average Bonchev–Trinajstić information content (AvgIpc) is 2.48. The Morgan fingerprint density at radius 3 is 2.19 bits per heavy atom. The van der Waals surface area contributed by atoms with Gasteiger partial charge in [-0.3, -0.25) is 0 Å². The zero-order chi connectivity index (χ0) is 15.3. The van der Waals surface area contributed by atoms with Gasteiger partial charge in [0, 0.05) is 10.6 Å². The maximum atomic E-state index is 12.0. The summed E-state index contributed by atoms with van der Waals surface area (Å²) in [5, 5.41) is 2.48. The summed E-state index contributed by atoms with van der Waals surface area (Å²) in [6, 6.07) is 14.0. The van der Waals surface area contributed by atoms with Crippen LogP contribution in [-0.2, 0) is 10.0 Å². The molecule has 0 fully saturated rings. The number of benzene rings is 2. The van der Waals surface area contributed by atoms with Gasteiger partial charge in [-0.1, -0.05) is 18.2 Å². The van der Waals surface area contributed by atoms with Crippen LogP contribution in [-0.4, -0.2) is 20.7 Å². The summed E-state index contributed by atoms with van der Waals surface area (Å²) in [4.78, 5) is 12.8. The number of rotatable bonds is 4. The molecule has 2 rings (SSSR count). The smallest absolute Gasteiger partial charge is 0.307 e. The number of amides is 2. The zero-order valence-corrected chi connectivity index (χ0v) is 12.9. The summed E-state index contributed by atoms with van der Waals surface area (Å²) in [5.74, 6) is 0. The Labute approximate surface area is 127 Å². The zero-order valence-electron chi connectivity index (χ0n) is 11.2. The van der Waals surface area contributed by atoms with E-state index >= 15 is 0 Å². The molecule has 0 bridgehead atoms. The number of nitrogens with one attached hydrogen (secondary N) is 2. The van der Waals surface area contributed by atoms with Gasteiger partial charge in [0.25, 0.3) is 10.0 Å². The van der Waals surface area contributed by atoms with E-state index in [4.69, 9.17) is 0 Å². The molecule has 0 aliphatic rings. The van der Waals surface area contributed by atoms with Crippen molar-refractivity contribution >= 4 is 33.5 Å². The Morgan fingerprint density at radius 1 is 1.00 bits per heavy atom. The highest BCUT2D eigenvalue weighted by Gasteiger charge is 2.16. The number of thioether (sulfide) groups is 1. The van der Waals surface area contributed by atoms with Crippen molar-refractivity contribution in [3.8, 4) is 0 Å². The molecular weight excluding hydrogens is 308 g/mol. The molecule has 2 aromatic carbocycles. The van der Waals surface area contributed by atoms with Crippen molar-refractivity contribution in [3.63, 3.8) is 0 Å². The molecule has 0 saturated carbocycles. The topological polar surface area (TPSA) is 75.3 Å².